The molecule has 6 nitrogen and oxygen atoms in total. The van der Waals surface area contributed by atoms with E-state index < -0.39 is 11.9 Å². The molecule has 0 aromatic carbocycles. The summed E-state index contributed by atoms with van der Waals surface area (Å²) in [5.41, 5.74) is 0. The smallest absolute Gasteiger partial charge is 0.317 e. The third kappa shape index (κ3) is 2.58. The summed E-state index contributed by atoms with van der Waals surface area (Å²) in [6, 6.07) is 0.0280. The van der Waals surface area contributed by atoms with E-state index in [-0.39, 0.29) is 30.8 Å². The van der Waals surface area contributed by atoms with Gasteiger partial charge in [-0.25, -0.2) is 4.79 Å². The topological polar surface area (TPSA) is 89.9 Å². The molecule has 3 N–H and O–H groups in total. The standard InChI is InChI=1S/C12H20N2O4/c1-7(11(16)17)6-13-12(18)14-8-2-3-9(14)5-10(15)4-8/h7-10,15H,2-6H2,1H3,(H,13,18)(H,16,17). The fourth-order valence-corrected chi connectivity index (χ4v) is 2.90. The molecule has 2 aliphatic heterocycles. The molecule has 0 saturated carbocycles. The molecule has 2 amide bonds. The van der Waals surface area contributed by atoms with Crippen molar-refractivity contribution in [3.63, 3.8) is 0 Å². The summed E-state index contributed by atoms with van der Waals surface area (Å²) in [7, 11) is 0. The Kier molecular flexibility index (Phi) is 3.75. The second-order valence-electron chi connectivity index (χ2n) is 5.34. The van der Waals surface area contributed by atoms with Crippen LogP contribution in [0.25, 0.3) is 0 Å². The molecule has 3 unspecified atom stereocenters. The number of fused-ring (bicyclic) bond motifs is 2. The summed E-state index contributed by atoms with van der Waals surface area (Å²) >= 11 is 0. The van der Waals surface area contributed by atoms with Crippen molar-refractivity contribution >= 4 is 12.0 Å². The maximum atomic E-state index is 12.0. The number of urea groups is 1. The molecule has 2 bridgehead atoms. The Morgan fingerprint density at radius 3 is 2.39 bits per heavy atom. The van der Waals surface area contributed by atoms with Crippen molar-refractivity contribution in [1.29, 1.82) is 0 Å². The lowest BCUT2D eigenvalue weighted by atomic mass is 10.0. The number of hydrogen-bond acceptors (Lipinski definition) is 3. The highest BCUT2D eigenvalue weighted by Crippen LogP contribution is 2.35. The van der Waals surface area contributed by atoms with Crippen LogP contribution < -0.4 is 5.32 Å². The first kappa shape index (κ1) is 13.1. The monoisotopic (exact) mass is 256 g/mol. The van der Waals surface area contributed by atoms with Crippen LogP contribution in [-0.4, -0.2) is 51.8 Å². The van der Waals surface area contributed by atoms with E-state index in [2.05, 4.69) is 5.32 Å². The summed E-state index contributed by atoms with van der Waals surface area (Å²) < 4.78 is 0. The predicted molar refractivity (Wildman–Crippen MR) is 64.1 cm³/mol. The Labute approximate surface area is 106 Å². The van der Waals surface area contributed by atoms with E-state index >= 15 is 0 Å². The molecule has 6 heteroatoms. The molecule has 2 heterocycles. The SMILES string of the molecule is CC(CNC(=O)N1C2CCC1CC(O)C2)C(=O)O. The van der Waals surface area contributed by atoms with Crippen LogP contribution in [0.2, 0.25) is 0 Å². The fraction of sp³-hybridized carbons (Fsp3) is 0.833. The number of aliphatic hydroxyl groups excluding tert-OH is 1. The van der Waals surface area contributed by atoms with Crippen LogP contribution in [0.15, 0.2) is 0 Å². The van der Waals surface area contributed by atoms with E-state index in [0.717, 1.165) is 12.8 Å². The summed E-state index contributed by atoms with van der Waals surface area (Å²) in [4.78, 5) is 24.5. The van der Waals surface area contributed by atoms with Crippen LogP contribution in [0, 0.1) is 5.92 Å². The first-order valence-electron chi connectivity index (χ1n) is 6.46. The number of hydrogen-bond donors (Lipinski definition) is 3. The molecule has 0 aliphatic carbocycles. The Balaban J connectivity index is 1.88. The van der Waals surface area contributed by atoms with Gasteiger partial charge in [-0.2, -0.15) is 0 Å². The number of carbonyl (C=O) groups is 2. The van der Waals surface area contributed by atoms with Crippen LogP contribution in [0.4, 0.5) is 4.79 Å². The number of aliphatic hydroxyl groups is 1. The fourth-order valence-electron chi connectivity index (χ4n) is 2.90. The number of rotatable bonds is 3. The summed E-state index contributed by atoms with van der Waals surface area (Å²) in [6.07, 6.45) is 2.84. The third-order valence-electron chi connectivity index (χ3n) is 3.92. The quantitative estimate of drug-likeness (QED) is 0.682. The number of carbonyl (C=O) groups excluding carboxylic acids is 1. The number of nitrogens with one attached hydrogen (secondary N) is 1. The Hall–Kier alpha value is -1.30. The van der Waals surface area contributed by atoms with E-state index in [1.807, 2.05) is 0 Å². The lowest BCUT2D eigenvalue weighted by Crippen LogP contribution is -2.52. The minimum absolute atomic E-state index is 0.110. The molecule has 2 fully saturated rings. The average molecular weight is 256 g/mol. The highest BCUT2D eigenvalue weighted by atomic mass is 16.4. The number of carboxylic acids is 1. The zero-order chi connectivity index (χ0) is 13.3. The predicted octanol–water partition coefficient (Wildman–Crippen LogP) is 0.404. The highest BCUT2D eigenvalue weighted by molar-refractivity contribution is 5.77. The molecule has 102 valence electrons. The van der Waals surface area contributed by atoms with Gasteiger partial charge in [0, 0.05) is 18.6 Å². The van der Waals surface area contributed by atoms with Gasteiger partial charge in [-0.15, -0.1) is 0 Å². The van der Waals surface area contributed by atoms with Gasteiger partial charge in [0.15, 0.2) is 0 Å². The number of nitrogens with zero attached hydrogens (tertiary/aromatic N) is 1. The Morgan fingerprint density at radius 1 is 1.33 bits per heavy atom. The van der Waals surface area contributed by atoms with E-state index in [4.69, 9.17) is 5.11 Å². The summed E-state index contributed by atoms with van der Waals surface area (Å²) in [6.45, 7) is 1.71. The van der Waals surface area contributed by atoms with Gasteiger partial charge in [0.2, 0.25) is 0 Å². The zero-order valence-corrected chi connectivity index (χ0v) is 10.5. The lowest BCUT2D eigenvalue weighted by molar-refractivity contribution is -0.140. The molecule has 0 radical (unpaired) electrons. The number of amides is 2. The van der Waals surface area contributed by atoms with E-state index in [0.29, 0.717) is 12.8 Å². The molecule has 2 rings (SSSR count). The van der Waals surface area contributed by atoms with Gasteiger partial charge >= 0.3 is 12.0 Å². The maximum absolute atomic E-state index is 12.0. The molecular formula is C12H20N2O4. The summed E-state index contributed by atoms with van der Waals surface area (Å²) in [5, 5.41) is 21.1. The van der Waals surface area contributed by atoms with Crippen LogP contribution in [0.3, 0.4) is 0 Å². The molecular weight excluding hydrogens is 236 g/mol. The average Bonchev–Trinajstić information content (AvgIpc) is 2.58. The molecule has 2 aliphatic rings. The van der Waals surface area contributed by atoms with E-state index in [9.17, 15) is 14.7 Å². The number of piperidine rings is 1. The van der Waals surface area contributed by atoms with Crippen molar-refractivity contribution in [1.82, 2.24) is 10.2 Å². The van der Waals surface area contributed by atoms with Crippen LogP contribution in [0.5, 0.6) is 0 Å². The molecule has 2 saturated heterocycles. The van der Waals surface area contributed by atoms with Gasteiger partial charge in [-0.05, 0) is 25.7 Å². The molecule has 3 atom stereocenters. The van der Waals surface area contributed by atoms with E-state index in [1.54, 1.807) is 11.8 Å². The van der Waals surface area contributed by atoms with Crippen molar-refractivity contribution in [3.05, 3.63) is 0 Å². The van der Waals surface area contributed by atoms with Gasteiger partial charge in [0.05, 0.1) is 12.0 Å². The van der Waals surface area contributed by atoms with Crippen LogP contribution in [0.1, 0.15) is 32.6 Å². The van der Waals surface area contributed by atoms with E-state index in [1.165, 1.54) is 0 Å². The molecule has 0 aromatic heterocycles. The first-order valence-corrected chi connectivity index (χ1v) is 6.46. The van der Waals surface area contributed by atoms with Crippen molar-refractivity contribution in [2.24, 2.45) is 5.92 Å². The van der Waals surface area contributed by atoms with Crippen molar-refractivity contribution in [3.8, 4) is 0 Å². The number of aliphatic carboxylic acids is 1. The number of carboxylic acid groups (broad SMARTS) is 1. The second kappa shape index (κ2) is 5.14. The molecule has 0 spiro atoms. The first-order chi connectivity index (χ1) is 8.49. The van der Waals surface area contributed by atoms with Crippen LogP contribution >= 0.6 is 0 Å². The van der Waals surface area contributed by atoms with Gasteiger partial charge in [0.25, 0.3) is 0 Å². The van der Waals surface area contributed by atoms with Crippen molar-refractivity contribution in [2.45, 2.75) is 50.8 Å². The third-order valence-corrected chi connectivity index (χ3v) is 3.92. The molecule has 18 heavy (non-hydrogen) atoms. The lowest BCUT2D eigenvalue weighted by Gasteiger charge is -2.37. The normalized spacial score (nSPS) is 32.1. The molecule has 0 aromatic rings. The van der Waals surface area contributed by atoms with Crippen molar-refractivity contribution in [2.75, 3.05) is 6.54 Å². The maximum Gasteiger partial charge on any atom is 0.317 e. The largest absolute Gasteiger partial charge is 0.481 e. The Morgan fingerprint density at radius 2 is 1.89 bits per heavy atom. The van der Waals surface area contributed by atoms with Gasteiger partial charge in [-0.3, -0.25) is 4.79 Å². The zero-order valence-electron chi connectivity index (χ0n) is 10.5. The second-order valence-corrected chi connectivity index (χ2v) is 5.34. The summed E-state index contributed by atoms with van der Waals surface area (Å²) in [5.74, 6) is -1.49. The van der Waals surface area contributed by atoms with Gasteiger partial charge in [-0.1, -0.05) is 6.92 Å². The van der Waals surface area contributed by atoms with Gasteiger partial charge in [0.1, 0.15) is 0 Å². The van der Waals surface area contributed by atoms with Crippen LogP contribution in [-0.2, 0) is 4.79 Å². The minimum Gasteiger partial charge on any atom is -0.481 e. The Bertz CT molecular complexity index is 333. The van der Waals surface area contributed by atoms with Crippen molar-refractivity contribution < 1.29 is 19.8 Å². The van der Waals surface area contributed by atoms with Gasteiger partial charge < -0.3 is 20.4 Å². The highest BCUT2D eigenvalue weighted by Gasteiger charge is 2.42. The minimum atomic E-state index is -0.910.